The van der Waals surface area contributed by atoms with Gasteiger partial charge in [0.2, 0.25) is 0 Å². The van der Waals surface area contributed by atoms with Gasteiger partial charge in [0.05, 0.1) is 6.10 Å². The zero-order valence-electron chi connectivity index (χ0n) is 10.4. The van der Waals surface area contributed by atoms with Crippen molar-refractivity contribution >= 4 is 35.0 Å². The molecule has 0 fully saturated rings. The predicted octanol–water partition coefficient (Wildman–Crippen LogP) is 5.13. The van der Waals surface area contributed by atoms with Crippen molar-refractivity contribution in [1.29, 1.82) is 0 Å². The maximum absolute atomic E-state index is 10.1. The standard InChI is InChI=1S/C15H14Cl2OS/c1-10-2-3-11(8-14(10)17)15(18)9-19-13-6-4-12(16)5-7-13/h2-8,15,18H,9H2,1H3. The van der Waals surface area contributed by atoms with E-state index in [-0.39, 0.29) is 0 Å². The average Bonchev–Trinajstić information content (AvgIpc) is 2.41. The van der Waals surface area contributed by atoms with Crippen LogP contribution in [0.2, 0.25) is 10.0 Å². The molecule has 19 heavy (non-hydrogen) atoms. The monoisotopic (exact) mass is 312 g/mol. The van der Waals surface area contributed by atoms with Gasteiger partial charge in [-0.2, -0.15) is 0 Å². The molecule has 2 rings (SSSR count). The smallest absolute Gasteiger partial charge is 0.0884 e. The van der Waals surface area contributed by atoms with E-state index in [0.29, 0.717) is 10.8 Å². The second-order valence-electron chi connectivity index (χ2n) is 4.29. The minimum atomic E-state index is -0.529. The Kier molecular flexibility index (Phi) is 5.17. The number of thioether (sulfide) groups is 1. The van der Waals surface area contributed by atoms with E-state index in [2.05, 4.69) is 0 Å². The first-order chi connectivity index (χ1) is 9.06. The largest absolute Gasteiger partial charge is 0.388 e. The molecule has 0 saturated heterocycles. The van der Waals surface area contributed by atoms with E-state index in [1.807, 2.05) is 49.4 Å². The highest BCUT2D eigenvalue weighted by molar-refractivity contribution is 7.99. The Hall–Kier alpha value is -0.670. The summed E-state index contributed by atoms with van der Waals surface area (Å²) in [7, 11) is 0. The third kappa shape index (κ3) is 4.15. The van der Waals surface area contributed by atoms with E-state index in [0.717, 1.165) is 21.0 Å². The topological polar surface area (TPSA) is 20.2 Å². The molecule has 0 heterocycles. The molecule has 0 aliphatic carbocycles. The number of aryl methyl sites for hydroxylation is 1. The lowest BCUT2D eigenvalue weighted by molar-refractivity contribution is 0.204. The van der Waals surface area contributed by atoms with E-state index in [9.17, 15) is 5.11 Å². The van der Waals surface area contributed by atoms with Gasteiger partial charge < -0.3 is 5.11 Å². The normalized spacial score (nSPS) is 12.4. The highest BCUT2D eigenvalue weighted by Crippen LogP contribution is 2.27. The van der Waals surface area contributed by atoms with Crippen molar-refractivity contribution in [2.75, 3.05) is 5.75 Å². The van der Waals surface area contributed by atoms with Crippen molar-refractivity contribution in [3.63, 3.8) is 0 Å². The highest BCUT2D eigenvalue weighted by Gasteiger charge is 2.09. The van der Waals surface area contributed by atoms with Gasteiger partial charge in [0.25, 0.3) is 0 Å². The molecule has 0 amide bonds. The predicted molar refractivity (Wildman–Crippen MR) is 83.3 cm³/mol. The van der Waals surface area contributed by atoms with Crippen molar-refractivity contribution in [3.05, 3.63) is 63.6 Å². The molecular weight excluding hydrogens is 299 g/mol. The van der Waals surface area contributed by atoms with E-state index in [1.54, 1.807) is 11.8 Å². The lowest BCUT2D eigenvalue weighted by atomic mass is 10.1. The molecule has 0 aliphatic heterocycles. The quantitative estimate of drug-likeness (QED) is 0.790. The first kappa shape index (κ1) is 14.7. The van der Waals surface area contributed by atoms with Crippen LogP contribution >= 0.6 is 35.0 Å². The van der Waals surface area contributed by atoms with Crippen LogP contribution in [0.3, 0.4) is 0 Å². The Bertz CT molecular complexity index is 555. The summed E-state index contributed by atoms with van der Waals surface area (Å²) in [6, 6.07) is 13.2. The molecule has 0 saturated carbocycles. The van der Waals surface area contributed by atoms with Crippen LogP contribution in [0.1, 0.15) is 17.2 Å². The third-order valence-corrected chi connectivity index (χ3v) is 4.55. The molecule has 1 unspecified atom stereocenters. The second kappa shape index (κ2) is 6.67. The van der Waals surface area contributed by atoms with Crippen molar-refractivity contribution in [3.8, 4) is 0 Å². The summed E-state index contributed by atoms with van der Waals surface area (Å²) in [5.41, 5.74) is 1.86. The molecule has 1 nitrogen and oxygen atoms in total. The van der Waals surface area contributed by atoms with Crippen LogP contribution in [0.15, 0.2) is 47.4 Å². The first-order valence-electron chi connectivity index (χ1n) is 5.89. The van der Waals surface area contributed by atoms with Gasteiger partial charge >= 0.3 is 0 Å². The van der Waals surface area contributed by atoms with Gasteiger partial charge in [0, 0.05) is 20.7 Å². The molecule has 2 aromatic carbocycles. The minimum absolute atomic E-state index is 0.529. The van der Waals surface area contributed by atoms with Crippen LogP contribution in [0.5, 0.6) is 0 Å². The van der Waals surface area contributed by atoms with Crippen LogP contribution in [0, 0.1) is 6.92 Å². The zero-order chi connectivity index (χ0) is 13.8. The Labute approximate surface area is 127 Å². The minimum Gasteiger partial charge on any atom is -0.388 e. The zero-order valence-corrected chi connectivity index (χ0v) is 12.8. The molecule has 4 heteroatoms. The SMILES string of the molecule is Cc1ccc(C(O)CSc2ccc(Cl)cc2)cc1Cl. The van der Waals surface area contributed by atoms with E-state index >= 15 is 0 Å². The fraction of sp³-hybridized carbons (Fsp3) is 0.200. The van der Waals surface area contributed by atoms with Gasteiger partial charge in [-0.05, 0) is 48.4 Å². The summed E-state index contributed by atoms with van der Waals surface area (Å²) in [5.74, 6) is 0.584. The van der Waals surface area contributed by atoms with Gasteiger partial charge in [0.15, 0.2) is 0 Å². The Morgan fingerprint density at radius 1 is 1.11 bits per heavy atom. The summed E-state index contributed by atoms with van der Waals surface area (Å²) in [6.45, 7) is 1.95. The Morgan fingerprint density at radius 2 is 1.79 bits per heavy atom. The maximum atomic E-state index is 10.1. The number of hydrogen-bond donors (Lipinski definition) is 1. The molecule has 0 aliphatic rings. The summed E-state index contributed by atoms with van der Waals surface area (Å²) in [4.78, 5) is 1.08. The average molecular weight is 313 g/mol. The Morgan fingerprint density at radius 3 is 2.42 bits per heavy atom. The Balaban J connectivity index is 1.98. The first-order valence-corrected chi connectivity index (χ1v) is 7.63. The molecule has 0 radical (unpaired) electrons. The molecule has 0 bridgehead atoms. The van der Waals surface area contributed by atoms with E-state index in [1.165, 1.54) is 0 Å². The molecular formula is C15H14Cl2OS. The fourth-order valence-electron chi connectivity index (χ4n) is 1.62. The van der Waals surface area contributed by atoms with Crippen LogP contribution in [0.25, 0.3) is 0 Å². The molecule has 0 aromatic heterocycles. The van der Waals surface area contributed by atoms with Crippen LogP contribution in [-0.2, 0) is 0 Å². The van der Waals surface area contributed by atoms with Crippen molar-refractivity contribution in [2.24, 2.45) is 0 Å². The van der Waals surface area contributed by atoms with Gasteiger partial charge in [0.1, 0.15) is 0 Å². The van der Waals surface area contributed by atoms with Crippen molar-refractivity contribution in [2.45, 2.75) is 17.9 Å². The molecule has 2 aromatic rings. The number of benzene rings is 2. The van der Waals surface area contributed by atoms with Gasteiger partial charge in [-0.3, -0.25) is 0 Å². The molecule has 0 spiro atoms. The van der Waals surface area contributed by atoms with Crippen molar-refractivity contribution < 1.29 is 5.11 Å². The summed E-state index contributed by atoms with van der Waals surface area (Å²) >= 11 is 13.5. The molecule has 1 atom stereocenters. The van der Waals surface area contributed by atoms with Crippen LogP contribution < -0.4 is 0 Å². The van der Waals surface area contributed by atoms with Gasteiger partial charge in [-0.1, -0.05) is 35.3 Å². The number of halogens is 2. The number of hydrogen-bond acceptors (Lipinski definition) is 2. The molecule has 1 N–H and O–H groups in total. The number of aliphatic hydroxyl groups is 1. The number of rotatable bonds is 4. The van der Waals surface area contributed by atoms with E-state index in [4.69, 9.17) is 23.2 Å². The van der Waals surface area contributed by atoms with E-state index < -0.39 is 6.10 Å². The van der Waals surface area contributed by atoms with Crippen LogP contribution in [0.4, 0.5) is 0 Å². The summed E-state index contributed by atoms with van der Waals surface area (Å²) in [6.07, 6.45) is -0.529. The summed E-state index contributed by atoms with van der Waals surface area (Å²) in [5, 5.41) is 11.6. The maximum Gasteiger partial charge on any atom is 0.0884 e. The summed E-state index contributed by atoms with van der Waals surface area (Å²) < 4.78 is 0. The number of aliphatic hydroxyl groups excluding tert-OH is 1. The third-order valence-electron chi connectivity index (χ3n) is 2.80. The lowest BCUT2D eigenvalue weighted by Crippen LogP contribution is -2.00. The second-order valence-corrected chi connectivity index (χ2v) is 6.23. The van der Waals surface area contributed by atoms with Crippen molar-refractivity contribution in [1.82, 2.24) is 0 Å². The van der Waals surface area contributed by atoms with Gasteiger partial charge in [-0.15, -0.1) is 11.8 Å². The molecule has 100 valence electrons. The highest BCUT2D eigenvalue weighted by atomic mass is 35.5. The van der Waals surface area contributed by atoms with Crippen LogP contribution in [-0.4, -0.2) is 10.9 Å². The fourth-order valence-corrected chi connectivity index (χ4v) is 2.80. The van der Waals surface area contributed by atoms with Gasteiger partial charge in [-0.25, -0.2) is 0 Å². The lowest BCUT2D eigenvalue weighted by Gasteiger charge is -2.12.